The van der Waals surface area contributed by atoms with Crippen molar-refractivity contribution >= 4 is 40.0 Å². The largest absolute Gasteiger partial charge is 0.465 e. The lowest BCUT2D eigenvalue weighted by molar-refractivity contribution is -0.146. The minimum atomic E-state index is -4.74. The summed E-state index contributed by atoms with van der Waals surface area (Å²) in [5.74, 6) is 3.17. The maximum absolute atomic E-state index is 12.7. The Hall–Kier alpha value is -2.28. The van der Waals surface area contributed by atoms with Crippen LogP contribution in [-0.2, 0) is 28.5 Å². The second kappa shape index (κ2) is 8.22. The molecule has 1 aliphatic carbocycles. The van der Waals surface area contributed by atoms with Gasteiger partial charge in [0.1, 0.15) is 5.00 Å². The quantitative estimate of drug-likeness (QED) is 0.410. The van der Waals surface area contributed by atoms with Crippen LogP contribution in [0.25, 0.3) is 0 Å². The molecular formula is C16H18F3N5O3S2. The highest BCUT2D eigenvalue weighted by atomic mass is 32.2. The Kier molecular flexibility index (Phi) is 6.08. The third-order valence-electron chi connectivity index (χ3n) is 4.40. The summed E-state index contributed by atoms with van der Waals surface area (Å²) >= 11 is 2.03. The Balaban J connectivity index is 1.73. The van der Waals surface area contributed by atoms with Crippen LogP contribution >= 0.6 is 23.1 Å². The summed E-state index contributed by atoms with van der Waals surface area (Å²) in [5.41, 5.74) is 1.23. The lowest BCUT2D eigenvalue weighted by atomic mass is 9.88. The molecule has 13 heteroatoms. The van der Waals surface area contributed by atoms with Gasteiger partial charge in [0.25, 0.3) is 5.82 Å². The third-order valence-corrected chi connectivity index (χ3v) is 6.52. The first-order chi connectivity index (χ1) is 13.6. The first-order valence-electron chi connectivity index (χ1n) is 8.55. The maximum Gasteiger partial charge on any atom is 0.453 e. The van der Waals surface area contributed by atoms with Crippen LogP contribution in [0.2, 0.25) is 0 Å². The number of thioether (sulfide) groups is 1. The van der Waals surface area contributed by atoms with Gasteiger partial charge in [0.2, 0.25) is 11.1 Å². The molecule has 3 N–H and O–H groups in total. The van der Waals surface area contributed by atoms with E-state index in [1.807, 2.05) is 0 Å². The predicted octanol–water partition coefficient (Wildman–Crippen LogP) is 2.71. The number of nitrogens with two attached hydrogens (primary N) is 1. The molecule has 0 spiro atoms. The van der Waals surface area contributed by atoms with Crippen molar-refractivity contribution in [2.75, 3.05) is 24.0 Å². The van der Waals surface area contributed by atoms with Crippen molar-refractivity contribution in [3.63, 3.8) is 0 Å². The van der Waals surface area contributed by atoms with Crippen LogP contribution in [0.5, 0.6) is 0 Å². The van der Waals surface area contributed by atoms with Gasteiger partial charge in [0.15, 0.2) is 0 Å². The molecule has 1 aliphatic rings. The van der Waals surface area contributed by atoms with Crippen LogP contribution in [0, 0.1) is 5.92 Å². The lowest BCUT2D eigenvalue weighted by Gasteiger charge is -2.18. The van der Waals surface area contributed by atoms with Crippen molar-refractivity contribution < 1.29 is 27.5 Å². The number of carbonyl (C=O) groups excluding carboxylic acids is 2. The number of anilines is 1. The van der Waals surface area contributed by atoms with E-state index in [1.54, 1.807) is 0 Å². The summed E-state index contributed by atoms with van der Waals surface area (Å²) in [6.45, 7) is 2.12. The summed E-state index contributed by atoms with van der Waals surface area (Å²) < 4.78 is 43.3. The Morgan fingerprint density at radius 1 is 1.41 bits per heavy atom. The molecule has 0 fully saturated rings. The molecule has 0 radical (unpaired) electrons. The van der Waals surface area contributed by atoms with Gasteiger partial charge in [-0.2, -0.15) is 13.2 Å². The summed E-state index contributed by atoms with van der Waals surface area (Å²) in [6, 6.07) is 0. The molecule has 0 aliphatic heterocycles. The summed E-state index contributed by atoms with van der Waals surface area (Å²) in [5, 5.41) is 9.15. The van der Waals surface area contributed by atoms with Gasteiger partial charge in [0.05, 0.1) is 18.4 Å². The number of nitrogens with zero attached hydrogens (tertiary/aromatic N) is 3. The van der Waals surface area contributed by atoms with Gasteiger partial charge < -0.3 is 15.9 Å². The van der Waals surface area contributed by atoms with Crippen molar-refractivity contribution in [3.05, 3.63) is 21.8 Å². The standard InChI is InChI=1S/C16H18F3N5O3S2/c1-7-3-4-8-9(5-7)29-12(11(8)13(26)27-2)21-10(25)6-28-15-23-22-14(24(15)20)16(17,18)19/h7H,3-6,20H2,1-2H3,(H,21,25). The number of hydrogen-bond donors (Lipinski definition) is 2. The molecule has 2 aromatic heterocycles. The SMILES string of the molecule is COC(=O)c1c(NC(=O)CSc2nnc(C(F)(F)F)n2N)sc2c1CCC(C)C2. The van der Waals surface area contributed by atoms with E-state index in [0.717, 1.165) is 29.7 Å². The van der Waals surface area contributed by atoms with E-state index in [2.05, 4.69) is 22.4 Å². The number of alkyl halides is 3. The highest BCUT2D eigenvalue weighted by Crippen LogP contribution is 2.40. The number of halogens is 3. The molecule has 1 atom stereocenters. The Morgan fingerprint density at radius 2 is 2.14 bits per heavy atom. The number of nitrogen functional groups attached to an aromatic ring is 1. The fourth-order valence-electron chi connectivity index (χ4n) is 3.02. The van der Waals surface area contributed by atoms with Gasteiger partial charge in [-0.1, -0.05) is 18.7 Å². The molecule has 0 saturated heterocycles. The number of rotatable bonds is 5. The highest BCUT2D eigenvalue weighted by molar-refractivity contribution is 7.99. The zero-order chi connectivity index (χ0) is 21.3. The van der Waals surface area contributed by atoms with Crippen molar-refractivity contribution in [2.24, 2.45) is 5.92 Å². The van der Waals surface area contributed by atoms with Gasteiger partial charge in [-0.15, -0.1) is 21.5 Å². The lowest BCUT2D eigenvalue weighted by Crippen LogP contribution is -2.22. The Morgan fingerprint density at radius 3 is 2.76 bits per heavy atom. The average Bonchev–Trinajstić information content (AvgIpc) is 3.18. The molecule has 0 aromatic carbocycles. The average molecular weight is 449 g/mol. The van der Waals surface area contributed by atoms with Crippen molar-refractivity contribution in [1.29, 1.82) is 0 Å². The van der Waals surface area contributed by atoms with Crippen molar-refractivity contribution in [3.8, 4) is 0 Å². The third kappa shape index (κ3) is 4.50. The second-order valence-corrected chi connectivity index (χ2v) is 8.61. The number of nitrogens with one attached hydrogen (secondary N) is 1. The van der Waals surface area contributed by atoms with Gasteiger partial charge in [-0.05, 0) is 30.7 Å². The zero-order valence-electron chi connectivity index (χ0n) is 15.5. The first kappa shape index (κ1) is 21.4. The zero-order valence-corrected chi connectivity index (χ0v) is 17.1. The fraction of sp³-hybridized carbons (Fsp3) is 0.500. The van der Waals surface area contributed by atoms with Crippen LogP contribution in [-0.4, -0.2) is 39.6 Å². The minimum Gasteiger partial charge on any atom is -0.465 e. The fourth-order valence-corrected chi connectivity index (χ4v) is 5.09. The predicted molar refractivity (Wildman–Crippen MR) is 101 cm³/mol. The van der Waals surface area contributed by atoms with E-state index < -0.39 is 23.9 Å². The minimum absolute atomic E-state index is 0.250. The molecular weight excluding hydrogens is 431 g/mol. The summed E-state index contributed by atoms with van der Waals surface area (Å²) in [7, 11) is 1.27. The van der Waals surface area contributed by atoms with Gasteiger partial charge in [0, 0.05) is 4.88 Å². The Labute approximate surface area is 172 Å². The van der Waals surface area contributed by atoms with E-state index in [4.69, 9.17) is 10.6 Å². The van der Waals surface area contributed by atoms with E-state index in [1.165, 1.54) is 18.4 Å². The second-order valence-electron chi connectivity index (χ2n) is 6.56. The van der Waals surface area contributed by atoms with E-state index >= 15 is 0 Å². The van der Waals surface area contributed by atoms with Crippen LogP contribution in [0.1, 0.15) is 40.0 Å². The van der Waals surface area contributed by atoms with Crippen LogP contribution in [0.3, 0.4) is 0 Å². The molecule has 0 saturated carbocycles. The molecule has 1 unspecified atom stereocenters. The van der Waals surface area contributed by atoms with Gasteiger partial charge in [-0.25, -0.2) is 9.47 Å². The number of methoxy groups -OCH3 is 1. The van der Waals surface area contributed by atoms with E-state index in [0.29, 0.717) is 32.9 Å². The molecule has 2 heterocycles. The number of fused-ring (bicyclic) bond motifs is 1. The molecule has 0 bridgehead atoms. The number of amides is 1. The summed E-state index contributed by atoms with van der Waals surface area (Å²) in [6.07, 6.45) is -2.28. The van der Waals surface area contributed by atoms with Crippen LogP contribution in [0.15, 0.2) is 5.16 Å². The number of hydrogen-bond acceptors (Lipinski definition) is 8. The normalized spacial score (nSPS) is 16.4. The summed E-state index contributed by atoms with van der Waals surface area (Å²) in [4.78, 5) is 25.6. The number of esters is 1. The molecule has 3 rings (SSSR count). The smallest absolute Gasteiger partial charge is 0.453 e. The number of ether oxygens (including phenoxy) is 1. The molecule has 1 amide bonds. The molecule has 158 valence electrons. The molecule has 2 aromatic rings. The van der Waals surface area contributed by atoms with Gasteiger partial charge in [-0.3, -0.25) is 4.79 Å². The van der Waals surface area contributed by atoms with Crippen molar-refractivity contribution in [1.82, 2.24) is 14.9 Å². The Bertz CT molecular complexity index is 941. The van der Waals surface area contributed by atoms with E-state index in [-0.39, 0.29) is 10.9 Å². The topological polar surface area (TPSA) is 112 Å². The maximum atomic E-state index is 12.7. The van der Waals surface area contributed by atoms with Crippen molar-refractivity contribution in [2.45, 2.75) is 37.5 Å². The molecule has 29 heavy (non-hydrogen) atoms. The highest BCUT2D eigenvalue weighted by Gasteiger charge is 2.38. The number of aromatic nitrogens is 3. The number of thiophene rings is 1. The van der Waals surface area contributed by atoms with E-state index in [9.17, 15) is 22.8 Å². The van der Waals surface area contributed by atoms with Crippen LogP contribution in [0.4, 0.5) is 18.2 Å². The number of carbonyl (C=O) groups is 2. The van der Waals surface area contributed by atoms with Gasteiger partial charge >= 0.3 is 12.1 Å². The monoisotopic (exact) mass is 449 g/mol. The first-order valence-corrected chi connectivity index (χ1v) is 10.3. The molecule has 8 nitrogen and oxygen atoms in total. The van der Waals surface area contributed by atoms with Crippen LogP contribution < -0.4 is 11.2 Å².